The zero-order chi connectivity index (χ0) is 23.9. The van der Waals surface area contributed by atoms with E-state index in [0.717, 1.165) is 26.1 Å². The van der Waals surface area contributed by atoms with Gasteiger partial charge in [0.15, 0.2) is 0 Å². The summed E-state index contributed by atoms with van der Waals surface area (Å²) in [6, 6.07) is 14.3. The van der Waals surface area contributed by atoms with Crippen LogP contribution < -0.4 is 0 Å². The van der Waals surface area contributed by atoms with Crippen molar-refractivity contribution in [2.75, 3.05) is 34.1 Å². The average Bonchev–Trinajstić information content (AvgIpc) is 3.19. The van der Waals surface area contributed by atoms with Crippen LogP contribution >= 0.6 is 22.9 Å². The Kier molecular flexibility index (Phi) is 6.45. The minimum absolute atomic E-state index is 0.0953. The second kappa shape index (κ2) is 9.15. The first-order valence-corrected chi connectivity index (χ1v) is 12.0. The number of carbonyl (C=O) groups excluding carboxylic acids is 3. The van der Waals surface area contributed by atoms with E-state index in [-0.39, 0.29) is 23.6 Å². The lowest BCUT2D eigenvalue weighted by molar-refractivity contribution is -0.145. The SMILES string of the molecule is CN(C)C(=O)c1ccc([C@H]2c3sc4ccccc4c3C[C@H](C(=O)N(C)C)N2C(=O)CCl)cc1. The minimum Gasteiger partial charge on any atom is -0.347 e. The van der Waals surface area contributed by atoms with Crippen molar-refractivity contribution in [2.45, 2.75) is 18.5 Å². The standard InChI is InChI=1S/C25H26ClN3O3S/c1-27(2)24(31)16-11-9-15(10-12-16)22-23-18(17-7-5-6-8-20(17)33-23)13-19(25(32)28(3)4)29(22)21(30)14-26/h5-12,19,22H,13-14H2,1-4H3/t19-,22+/m1/s1. The summed E-state index contributed by atoms with van der Waals surface area (Å²) in [4.78, 5) is 44.5. The summed E-state index contributed by atoms with van der Waals surface area (Å²) in [6.07, 6.45) is 0.437. The Labute approximate surface area is 202 Å². The Bertz CT molecular complexity index is 1220. The van der Waals surface area contributed by atoms with Crippen LogP contribution in [0.5, 0.6) is 0 Å². The molecule has 1 aliphatic heterocycles. The molecule has 3 aromatic rings. The maximum absolute atomic E-state index is 13.2. The van der Waals surface area contributed by atoms with Crippen molar-refractivity contribution in [2.24, 2.45) is 0 Å². The average molecular weight is 484 g/mol. The fourth-order valence-corrected chi connectivity index (χ4v) is 5.92. The van der Waals surface area contributed by atoms with Crippen molar-refractivity contribution < 1.29 is 14.4 Å². The van der Waals surface area contributed by atoms with Crippen LogP contribution in [-0.2, 0) is 16.0 Å². The number of amides is 3. The second-order valence-electron chi connectivity index (χ2n) is 8.55. The van der Waals surface area contributed by atoms with E-state index in [1.807, 2.05) is 24.3 Å². The molecular weight excluding hydrogens is 458 g/mol. The lowest BCUT2D eigenvalue weighted by Gasteiger charge is -2.42. The summed E-state index contributed by atoms with van der Waals surface area (Å²) in [5.74, 6) is -0.746. The molecule has 33 heavy (non-hydrogen) atoms. The van der Waals surface area contributed by atoms with Gasteiger partial charge in [0.1, 0.15) is 11.9 Å². The van der Waals surface area contributed by atoms with Crippen LogP contribution in [0.1, 0.15) is 32.4 Å². The Morgan fingerprint density at radius 2 is 1.67 bits per heavy atom. The quantitative estimate of drug-likeness (QED) is 0.531. The lowest BCUT2D eigenvalue weighted by atomic mass is 9.88. The van der Waals surface area contributed by atoms with Gasteiger partial charge in [0.2, 0.25) is 11.8 Å². The normalized spacial score (nSPS) is 17.5. The van der Waals surface area contributed by atoms with Gasteiger partial charge in [-0.3, -0.25) is 14.4 Å². The molecule has 172 valence electrons. The number of thiophene rings is 1. The largest absolute Gasteiger partial charge is 0.347 e. The zero-order valence-electron chi connectivity index (χ0n) is 19.0. The number of rotatable bonds is 4. The molecule has 2 aromatic carbocycles. The van der Waals surface area contributed by atoms with Gasteiger partial charge in [0.05, 0.1) is 6.04 Å². The van der Waals surface area contributed by atoms with Crippen LogP contribution in [0.15, 0.2) is 48.5 Å². The van der Waals surface area contributed by atoms with Gasteiger partial charge in [-0.05, 0) is 34.7 Å². The Morgan fingerprint density at radius 3 is 2.27 bits per heavy atom. The van der Waals surface area contributed by atoms with Crippen LogP contribution in [0.2, 0.25) is 0 Å². The second-order valence-corrected chi connectivity index (χ2v) is 9.90. The maximum atomic E-state index is 13.2. The summed E-state index contributed by atoms with van der Waals surface area (Å²) in [6.45, 7) is 0. The molecule has 6 nitrogen and oxygen atoms in total. The Balaban J connectivity index is 1.92. The molecule has 3 amide bonds. The number of fused-ring (bicyclic) bond motifs is 3. The van der Waals surface area contributed by atoms with Crippen LogP contribution in [0.25, 0.3) is 10.1 Å². The molecule has 0 saturated carbocycles. The number of hydrogen-bond acceptors (Lipinski definition) is 4. The van der Waals surface area contributed by atoms with E-state index in [4.69, 9.17) is 11.6 Å². The maximum Gasteiger partial charge on any atom is 0.253 e. The molecule has 1 aromatic heterocycles. The van der Waals surface area contributed by atoms with Crippen molar-refractivity contribution in [1.29, 1.82) is 0 Å². The predicted octanol–water partition coefficient (Wildman–Crippen LogP) is 3.77. The van der Waals surface area contributed by atoms with Gasteiger partial charge in [-0.1, -0.05) is 30.3 Å². The van der Waals surface area contributed by atoms with Crippen molar-refractivity contribution >= 4 is 50.7 Å². The third kappa shape index (κ3) is 4.11. The Morgan fingerprint density at radius 1 is 1.00 bits per heavy atom. The number of likely N-dealkylation sites (N-methyl/N-ethyl adjacent to an activating group) is 1. The number of hydrogen-bond donors (Lipinski definition) is 0. The highest BCUT2D eigenvalue weighted by molar-refractivity contribution is 7.19. The molecule has 8 heteroatoms. The molecule has 0 aliphatic carbocycles. The fourth-order valence-electron chi connectivity index (χ4n) is 4.42. The summed E-state index contributed by atoms with van der Waals surface area (Å²) in [5.41, 5.74) is 2.49. The molecule has 0 unspecified atom stereocenters. The monoisotopic (exact) mass is 483 g/mol. The van der Waals surface area contributed by atoms with Crippen molar-refractivity contribution in [3.63, 3.8) is 0 Å². The topological polar surface area (TPSA) is 60.9 Å². The molecule has 0 fully saturated rings. The molecule has 2 atom stereocenters. The highest BCUT2D eigenvalue weighted by Crippen LogP contribution is 2.46. The number of carbonyl (C=O) groups is 3. The highest BCUT2D eigenvalue weighted by Gasteiger charge is 2.43. The van der Waals surface area contributed by atoms with Gasteiger partial charge in [0.25, 0.3) is 5.91 Å². The van der Waals surface area contributed by atoms with E-state index in [2.05, 4.69) is 12.1 Å². The van der Waals surface area contributed by atoms with E-state index < -0.39 is 12.1 Å². The van der Waals surface area contributed by atoms with Crippen LogP contribution in [0.3, 0.4) is 0 Å². The first-order valence-electron chi connectivity index (χ1n) is 10.6. The first kappa shape index (κ1) is 23.3. The summed E-state index contributed by atoms with van der Waals surface area (Å²) in [7, 11) is 6.81. The van der Waals surface area contributed by atoms with E-state index in [1.165, 1.54) is 9.80 Å². The van der Waals surface area contributed by atoms with Gasteiger partial charge in [-0.15, -0.1) is 22.9 Å². The van der Waals surface area contributed by atoms with Gasteiger partial charge in [-0.2, -0.15) is 0 Å². The molecule has 0 saturated heterocycles. The van der Waals surface area contributed by atoms with Crippen molar-refractivity contribution in [3.05, 3.63) is 70.1 Å². The minimum atomic E-state index is -0.662. The number of nitrogens with zero attached hydrogens (tertiary/aromatic N) is 3. The van der Waals surface area contributed by atoms with E-state index in [1.54, 1.807) is 56.6 Å². The molecule has 4 rings (SSSR count). The van der Waals surface area contributed by atoms with Crippen LogP contribution in [0, 0.1) is 0 Å². The van der Waals surface area contributed by atoms with Crippen molar-refractivity contribution in [3.8, 4) is 0 Å². The van der Waals surface area contributed by atoms with E-state index in [0.29, 0.717) is 12.0 Å². The molecule has 1 aliphatic rings. The summed E-state index contributed by atoms with van der Waals surface area (Å²) in [5, 5.41) is 1.11. The number of benzene rings is 2. The first-order chi connectivity index (χ1) is 15.7. The summed E-state index contributed by atoms with van der Waals surface area (Å²) < 4.78 is 1.11. The van der Waals surface area contributed by atoms with Crippen LogP contribution in [0.4, 0.5) is 0 Å². The predicted molar refractivity (Wildman–Crippen MR) is 132 cm³/mol. The summed E-state index contributed by atoms with van der Waals surface area (Å²) >= 11 is 7.67. The molecule has 0 bridgehead atoms. The fraction of sp³-hybridized carbons (Fsp3) is 0.320. The molecule has 2 heterocycles. The Hall–Kier alpha value is -2.90. The zero-order valence-corrected chi connectivity index (χ0v) is 20.6. The van der Waals surface area contributed by atoms with Gasteiger partial charge >= 0.3 is 0 Å². The van der Waals surface area contributed by atoms with Gasteiger partial charge in [0, 0.05) is 49.8 Å². The smallest absolute Gasteiger partial charge is 0.253 e. The van der Waals surface area contributed by atoms with Crippen molar-refractivity contribution in [1.82, 2.24) is 14.7 Å². The number of halogens is 1. The third-order valence-corrected chi connectivity index (χ3v) is 7.49. The van der Waals surface area contributed by atoms with Gasteiger partial charge < -0.3 is 14.7 Å². The van der Waals surface area contributed by atoms with Crippen LogP contribution in [-0.4, -0.2) is 72.5 Å². The molecule has 0 N–H and O–H groups in total. The molecule has 0 radical (unpaired) electrons. The molecule has 0 spiro atoms. The van der Waals surface area contributed by atoms with E-state index >= 15 is 0 Å². The van der Waals surface area contributed by atoms with Gasteiger partial charge in [-0.25, -0.2) is 0 Å². The molecular formula is C25H26ClN3O3S. The third-order valence-electron chi connectivity index (χ3n) is 6.00. The highest BCUT2D eigenvalue weighted by atomic mass is 35.5. The number of alkyl halides is 1. The van der Waals surface area contributed by atoms with E-state index in [9.17, 15) is 14.4 Å². The lowest BCUT2D eigenvalue weighted by Crippen LogP contribution is -2.54.